The largest absolute Gasteiger partial charge is 0.462 e. The highest BCUT2D eigenvalue weighted by Gasteiger charge is 2.31. The van der Waals surface area contributed by atoms with E-state index in [2.05, 4.69) is 6.92 Å². The zero-order valence-corrected chi connectivity index (χ0v) is 17.3. The molecule has 0 spiro atoms. The number of esters is 2. The Morgan fingerprint density at radius 1 is 0.852 bits per heavy atom. The van der Waals surface area contributed by atoms with E-state index in [0.717, 1.165) is 44.4 Å². The van der Waals surface area contributed by atoms with Crippen molar-refractivity contribution in [2.45, 2.75) is 110 Å². The maximum atomic E-state index is 12.5. The number of rotatable bonds is 9. The molecule has 0 bridgehead atoms. The zero-order valence-electron chi connectivity index (χ0n) is 17.3. The summed E-state index contributed by atoms with van der Waals surface area (Å²) in [5.74, 6) is 0.502. The Hall–Kier alpha value is -1.32. The van der Waals surface area contributed by atoms with E-state index in [1.54, 1.807) is 13.0 Å². The number of hydrogen-bond acceptors (Lipinski definition) is 4. The number of carbonyl (C=O) groups is 2. The molecule has 2 saturated carbocycles. The monoisotopic (exact) mass is 378 g/mol. The molecular weight excluding hydrogens is 340 g/mol. The lowest BCUT2D eigenvalue weighted by atomic mass is 9.83. The summed E-state index contributed by atoms with van der Waals surface area (Å²) in [6.07, 6.45) is 17.4. The molecule has 0 aromatic heterocycles. The van der Waals surface area contributed by atoms with E-state index in [0.29, 0.717) is 0 Å². The van der Waals surface area contributed by atoms with Crippen LogP contribution in [0.4, 0.5) is 0 Å². The van der Waals surface area contributed by atoms with E-state index < -0.39 is 0 Å². The van der Waals surface area contributed by atoms with Gasteiger partial charge in [-0.25, -0.2) is 4.79 Å². The summed E-state index contributed by atoms with van der Waals surface area (Å²) in [5.41, 5.74) is 0. The van der Waals surface area contributed by atoms with E-state index in [4.69, 9.17) is 9.47 Å². The van der Waals surface area contributed by atoms with Gasteiger partial charge in [-0.3, -0.25) is 4.79 Å². The van der Waals surface area contributed by atoms with Crippen molar-refractivity contribution in [3.05, 3.63) is 12.2 Å². The van der Waals surface area contributed by atoms with E-state index in [1.807, 2.05) is 0 Å². The number of allylic oxidation sites excluding steroid dienone is 1. The minimum Gasteiger partial charge on any atom is -0.462 e. The van der Waals surface area contributed by atoms with Crippen LogP contribution in [0.5, 0.6) is 0 Å². The summed E-state index contributed by atoms with van der Waals surface area (Å²) in [5, 5.41) is 0. The molecule has 0 saturated heterocycles. The molecule has 0 radical (unpaired) electrons. The predicted molar refractivity (Wildman–Crippen MR) is 107 cm³/mol. The Bertz CT molecular complexity index is 469. The van der Waals surface area contributed by atoms with Crippen LogP contribution in [0.3, 0.4) is 0 Å². The van der Waals surface area contributed by atoms with Gasteiger partial charge in [-0.2, -0.15) is 0 Å². The van der Waals surface area contributed by atoms with Crippen LogP contribution in [0.15, 0.2) is 12.2 Å². The first-order valence-corrected chi connectivity index (χ1v) is 11.2. The molecule has 0 N–H and O–H groups in total. The van der Waals surface area contributed by atoms with Crippen LogP contribution in [0.1, 0.15) is 97.3 Å². The van der Waals surface area contributed by atoms with Crippen molar-refractivity contribution in [3.8, 4) is 0 Å². The van der Waals surface area contributed by atoms with Crippen molar-refractivity contribution in [3.63, 3.8) is 0 Å². The highest BCUT2D eigenvalue weighted by atomic mass is 16.5. The average Bonchev–Trinajstić information content (AvgIpc) is 2.67. The average molecular weight is 379 g/mol. The zero-order chi connectivity index (χ0) is 19.5. The molecule has 4 heteroatoms. The molecule has 0 aromatic carbocycles. The van der Waals surface area contributed by atoms with Crippen molar-refractivity contribution in [2.75, 3.05) is 0 Å². The third kappa shape index (κ3) is 8.06. The lowest BCUT2D eigenvalue weighted by molar-refractivity contribution is -0.158. The summed E-state index contributed by atoms with van der Waals surface area (Å²) in [4.78, 5) is 24.0. The first-order valence-electron chi connectivity index (χ1n) is 11.2. The van der Waals surface area contributed by atoms with Crippen molar-refractivity contribution < 1.29 is 19.1 Å². The molecule has 4 nitrogen and oxygen atoms in total. The van der Waals surface area contributed by atoms with Crippen LogP contribution in [-0.4, -0.2) is 24.1 Å². The van der Waals surface area contributed by atoms with Gasteiger partial charge in [0.2, 0.25) is 0 Å². The standard InChI is InChI=1S/C23H38O4/c1-3-5-6-7-9-18-10-14-21(15-11-18)27-23(25)19-12-16-20(17-13-19)26-22(24)8-4-2/h4,8,18-21H,3,5-7,9-17H2,1-2H3/b8-4+. The molecule has 0 atom stereocenters. The molecule has 0 amide bonds. The second-order valence-corrected chi connectivity index (χ2v) is 8.34. The van der Waals surface area contributed by atoms with E-state index in [1.165, 1.54) is 51.0 Å². The SMILES string of the molecule is C/C=C/C(=O)OC1CCC(C(=O)OC2CCC(CCCCCC)CC2)CC1. The second-order valence-electron chi connectivity index (χ2n) is 8.34. The lowest BCUT2D eigenvalue weighted by Crippen LogP contribution is -2.32. The molecule has 0 aliphatic heterocycles. The van der Waals surface area contributed by atoms with Crippen molar-refractivity contribution in [1.29, 1.82) is 0 Å². The maximum absolute atomic E-state index is 12.5. The smallest absolute Gasteiger partial charge is 0.330 e. The summed E-state index contributed by atoms with van der Waals surface area (Å²) in [6, 6.07) is 0. The van der Waals surface area contributed by atoms with Crippen LogP contribution in [0.25, 0.3) is 0 Å². The molecule has 27 heavy (non-hydrogen) atoms. The molecule has 0 aromatic rings. The van der Waals surface area contributed by atoms with Gasteiger partial charge in [-0.05, 0) is 64.2 Å². The van der Waals surface area contributed by atoms with Crippen LogP contribution < -0.4 is 0 Å². The van der Waals surface area contributed by atoms with Crippen molar-refractivity contribution in [2.24, 2.45) is 11.8 Å². The number of unbranched alkanes of at least 4 members (excludes halogenated alkanes) is 3. The van der Waals surface area contributed by atoms with Crippen molar-refractivity contribution >= 4 is 11.9 Å². The van der Waals surface area contributed by atoms with Crippen LogP contribution in [0.2, 0.25) is 0 Å². The molecule has 2 aliphatic rings. The normalized spacial score (nSPS) is 28.8. The lowest BCUT2D eigenvalue weighted by Gasteiger charge is -2.31. The van der Waals surface area contributed by atoms with E-state index >= 15 is 0 Å². The molecule has 154 valence electrons. The molecule has 2 aliphatic carbocycles. The van der Waals surface area contributed by atoms with Gasteiger partial charge in [0.25, 0.3) is 0 Å². The molecule has 2 rings (SSSR count). The minimum atomic E-state index is -0.282. The molecule has 0 unspecified atom stereocenters. The Morgan fingerprint density at radius 3 is 2.11 bits per heavy atom. The predicted octanol–water partition coefficient (Wildman–Crippen LogP) is 5.74. The fourth-order valence-electron chi connectivity index (χ4n) is 4.41. The van der Waals surface area contributed by atoms with Gasteiger partial charge in [-0.15, -0.1) is 0 Å². The Kier molecular flexibility index (Phi) is 9.93. The first-order chi connectivity index (χ1) is 13.1. The van der Waals surface area contributed by atoms with Gasteiger partial charge in [0.1, 0.15) is 12.2 Å². The summed E-state index contributed by atoms with van der Waals surface area (Å²) in [6.45, 7) is 4.05. The van der Waals surface area contributed by atoms with Gasteiger partial charge >= 0.3 is 11.9 Å². The fourth-order valence-corrected chi connectivity index (χ4v) is 4.41. The van der Waals surface area contributed by atoms with E-state index in [-0.39, 0.29) is 30.1 Å². The second kappa shape index (κ2) is 12.2. The van der Waals surface area contributed by atoms with E-state index in [9.17, 15) is 9.59 Å². The first kappa shape index (κ1) is 22.0. The third-order valence-corrected chi connectivity index (χ3v) is 6.14. The van der Waals surface area contributed by atoms with Crippen LogP contribution in [-0.2, 0) is 19.1 Å². The van der Waals surface area contributed by atoms with Crippen molar-refractivity contribution in [1.82, 2.24) is 0 Å². The number of ether oxygens (including phenoxy) is 2. The highest BCUT2D eigenvalue weighted by molar-refractivity contribution is 5.82. The topological polar surface area (TPSA) is 52.6 Å². The van der Waals surface area contributed by atoms with Crippen LogP contribution >= 0.6 is 0 Å². The third-order valence-electron chi connectivity index (χ3n) is 6.14. The Balaban J connectivity index is 1.61. The number of hydrogen-bond donors (Lipinski definition) is 0. The molecule has 2 fully saturated rings. The van der Waals surface area contributed by atoms with Crippen LogP contribution in [0, 0.1) is 11.8 Å². The molecular formula is C23H38O4. The summed E-state index contributed by atoms with van der Waals surface area (Å²) in [7, 11) is 0. The number of carbonyl (C=O) groups excluding carboxylic acids is 2. The van der Waals surface area contributed by atoms with Gasteiger partial charge in [-0.1, -0.05) is 45.1 Å². The quantitative estimate of drug-likeness (QED) is 0.292. The van der Waals surface area contributed by atoms with Gasteiger partial charge in [0, 0.05) is 6.08 Å². The Morgan fingerprint density at radius 2 is 1.48 bits per heavy atom. The van der Waals surface area contributed by atoms with Gasteiger partial charge < -0.3 is 9.47 Å². The summed E-state index contributed by atoms with van der Waals surface area (Å²) < 4.78 is 11.2. The highest BCUT2D eigenvalue weighted by Crippen LogP contribution is 2.32. The summed E-state index contributed by atoms with van der Waals surface area (Å²) >= 11 is 0. The molecule has 0 heterocycles. The minimum absolute atomic E-state index is 0.0200. The van der Waals surface area contributed by atoms with Gasteiger partial charge in [0.05, 0.1) is 5.92 Å². The maximum Gasteiger partial charge on any atom is 0.330 e. The Labute approximate surface area is 165 Å². The fraction of sp³-hybridized carbons (Fsp3) is 0.826. The van der Waals surface area contributed by atoms with Gasteiger partial charge in [0.15, 0.2) is 0 Å².